The summed E-state index contributed by atoms with van der Waals surface area (Å²) in [5.74, 6) is -1.83. The van der Waals surface area contributed by atoms with Crippen LogP contribution in [0.2, 0.25) is 10.0 Å². The van der Waals surface area contributed by atoms with Gasteiger partial charge in [0.1, 0.15) is 0 Å². The zero-order valence-electron chi connectivity index (χ0n) is 10.6. The molecule has 0 aliphatic rings. The van der Waals surface area contributed by atoms with Crippen molar-refractivity contribution in [3.63, 3.8) is 0 Å². The fourth-order valence-electron chi connectivity index (χ4n) is 1.60. The monoisotopic (exact) mass is 324 g/mol. The van der Waals surface area contributed by atoms with Crippen LogP contribution in [0.15, 0.2) is 36.4 Å². The van der Waals surface area contributed by atoms with E-state index < -0.39 is 11.9 Å². The minimum absolute atomic E-state index is 0.00329. The summed E-state index contributed by atoms with van der Waals surface area (Å²) in [6.07, 6.45) is 0. The highest BCUT2D eigenvalue weighted by Gasteiger charge is 2.19. The molecule has 0 bridgehead atoms. The molecule has 0 saturated carbocycles. The lowest BCUT2D eigenvalue weighted by molar-refractivity contribution is 0.0399. The first kappa shape index (κ1) is 15.2. The van der Waals surface area contributed by atoms with Gasteiger partial charge in [-0.2, -0.15) is 0 Å². The van der Waals surface area contributed by atoms with Crippen LogP contribution in [-0.2, 0) is 4.74 Å². The van der Waals surface area contributed by atoms with Crippen molar-refractivity contribution < 1.29 is 14.3 Å². The van der Waals surface area contributed by atoms with Crippen molar-refractivity contribution in [1.29, 1.82) is 0 Å². The van der Waals surface area contributed by atoms with Gasteiger partial charge >= 0.3 is 11.9 Å². The van der Waals surface area contributed by atoms with Crippen LogP contribution in [0.25, 0.3) is 0 Å². The van der Waals surface area contributed by atoms with Crippen LogP contribution in [0.3, 0.4) is 0 Å². The number of hydrogen-bond acceptors (Lipinski definition) is 5. The molecule has 2 aromatic rings. The van der Waals surface area contributed by atoms with Crippen LogP contribution < -0.4 is 11.5 Å². The molecule has 5 nitrogen and oxygen atoms in total. The zero-order chi connectivity index (χ0) is 15.6. The van der Waals surface area contributed by atoms with Crippen LogP contribution in [0, 0.1) is 0 Å². The smallest absolute Gasteiger partial charge is 0.348 e. The summed E-state index contributed by atoms with van der Waals surface area (Å²) in [5.41, 5.74) is 11.6. The Morgan fingerprint density at radius 2 is 1.19 bits per heavy atom. The van der Waals surface area contributed by atoms with Gasteiger partial charge in [0.15, 0.2) is 0 Å². The number of anilines is 2. The van der Waals surface area contributed by atoms with E-state index in [1.807, 2.05) is 0 Å². The quantitative estimate of drug-likeness (QED) is 0.502. The minimum atomic E-state index is -0.917. The summed E-state index contributed by atoms with van der Waals surface area (Å²) in [7, 11) is 0. The number of carbonyl (C=O) groups excluding carboxylic acids is 2. The maximum absolute atomic E-state index is 11.9. The number of hydrogen-bond donors (Lipinski definition) is 2. The van der Waals surface area contributed by atoms with Gasteiger partial charge in [-0.1, -0.05) is 23.2 Å². The zero-order valence-corrected chi connectivity index (χ0v) is 12.1. The van der Waals surface area contributed by atoms with Gasteiger partial charge < -0.3 is 16.2 Å². The molecule has 0 aliphatic heterocycles. The largest absolute Gasteiger partial charge is 0.398 e. The highest BCUT2D eigenvalue weighted by molar-refractivity contribution is 6.31. The van der Waals surface area contributed by atoms with E-state index in [1.165, 1.54) is 36.4 Å². The van der Waals surface area contributed by atoms with Gasteiger partial charge in [-0.3, -0.25) is 0 Å². The molecule has 0 atom stereocenters. The molecule has 4 N–H and O–H groups in total. The third-order valence-electron chi connectivity index (χ3n) is 2.66. The highest BCUT2D eigenvalue weighted by Crippen LogP contribution is 2.22. The molecule has 2 aromatic carbocycles. The van der Waals surface area contributed by atoms with E-state index in [2.05, 4.69) is 0 Å². The van der Waals surface area contributed by atoms with Crippen LogP contribution in [0.4, 0.5) is 11.4 Å². The van der Waals surface area contributed by atoms with E-state index in [4.69, 9.17) is 39.4 Å². The Kier molecular flexibility index (Phi) is 4.35. The number of halogens is 2. The fraction of sp³-hybridized carbons (Fsp3) is 0. The summed E-state index contributed by atoms with van der Waals surface area (Å²) >= 11 is 11.5. The highest BCUT2D eigenvalue weighted by atomic mass is 35.5. The SMILES string of the molecule is Nc1ccc(Cl)cc1C(=O)OC(=O)c1cc(Cl)ccc1N. The Balaban J connectivity index is 2.25. The lowest BCUT2D eigenvalue weighted by Crippen LogP contribution is -2.15. The van der Waals surface area contributed by atoms with Crippen molar-refractivity contribution in [1.82, 2.24) is 0 Å². The first-order valence-corrected chi connectivity index (χ1v) is 6.50. The third kappa shape index (κ3) is 3.45. The van der Waals surface area contributed by atoms with E-state index >= 15 is 0 Å². The summed E-state index contributed by atoms with van der Waals surface area (Å²) in [5, 5.41) is 0.594. The lowest BCUT2D eigenvalue weighted by atomic mass is 10.1. The van der Waals surface area contributed by atoms with Gasteiger partial charge in [0.05, 0.1) is 11.1 Å². The first-order valence-electron chi connectivity index (χ1n) is 5.75. The van der Waals surface area contributed by atoms with E-state index in [-0.39, 0.29) is 22.5 Å². The Morgan fingerprint density at radius 3 is 1.57 bits per heavy atom. The molecule has 0 saturated heterocycles. The molecule has 0 radical (unpaired) electrons. The van der Waals surface area contributed by atoms with Crippen molar-refractivity contribution in [3.8, 4) is 0 Å². The predicted octanol–water partition coefficient (Wildman–Crippen LogP) is 3.16. The molecule has 0 unspecified atom stereocenters. The molecule has 21 heavy (non-hydrogen) atoms. The van der Waals surface area contributed by atoms with Crippen LogP contribution in [0.1, 0.15) is 20.7 Å². The number of carbonyl (C=O) groups is 2. The van der Waals surface area contributed by atoms with E-state index in [9.17, 15) is 9.59 Å². The summed E-state index contributed by atoms with van der Waals surface area (Å²) in [4.78, 5) is 23.9. The second kappa shape index (κ2) is 6.03. The number of esters is 2. The van der Waals surface area contributed by atoms with Crippen molar-refractivity contribution in [2.45, 2.75) is 0 Å². The minimum Gasteiger partial charge on any atom is -0.398 e. The normalized spacial score (nSPS) is 10.2. The summed E-state index contributed by atoms with van der Waals surface area (Å²) < 4.78 is 4.74. The van der Waals surface area contributed by atoms with Crippen molar-refractivity contribution in [2.75, 3.05) is 11.5 Å². The molecule has 2 rings (SSSR count). The molecular formula is C14H10Cl2N2O3. The molecule has 0 heterocycles. The van der Waals surface area contributed by atoms with Gasteiger partial charge in [-0.25, -0.2) is 9.59 Å². The Hall–Kier alpha value is -2.24. The topological polar surface area (TPSA) is 95.4 Å². The van der Waals surface area contributed by atoms with Crippen LogP contribution in [0.5, 0.6) is 0 Å². The first-order chi connectivity index (χ1) is 9.88. The Labute approximate surface area is 130 Å². The maximum atomic E-state index is 11.9. The van der Waals surface area contributed by atoms with Gasteiger partial charge in [-0.05, 0) is 36.4 Å². The number of nitrogen functional groups attached to an aromatic ring is 2. The molecule has 7 heteroatoms. The average molecular weight is 325 g/mol. The Morgan fingerprint density at radius 1 is 0.810 bits per heavy atom. The van der Waals surface area contributed by atoms with Gasteiger partial charge in [-0.15, -0.1) is 0 Å². The van der Waals surface area contributed by atoms with Gasteiger partial charge in [0.25, 0.3) is 0 Å². The third-order valence-corrected chi connectivity index (χ3v) is 3.13. The molecule has 0 fully saturated rings. The molecule has 0 aromatic heterocycles. The molecule has 0 spiro atoms. The molecule has 0 amide bonds. The number of rotatable bonds is 2. The predicted molar refractivity (Wildman–Crippen MR) is 81.5 cm³/mol. The van der Waals surface area contributed by atoms with E-state index in [0.29, 0.717) is 10.0 Å². The van der Waals surface area contributed by atoms with Gasteiger partial charge in [0, 0.05) is 21.4 Å². The standard InChI is InChI=1S/C14H10Cl2N2O3/c15-7-1-3-11(17)9(5-7)13(19)21-14(20)10-6-8(16)2-4-12(10)18/h1-6H,17-18H2. The number of benzene rings is 2. The van der Waals surface area contributed by atoms with Crippen molar-refractivity contribution in [3.05, 3.63) is 57.6 Å². The van der Waals surface area contributed by atoms with Gasteiger partial charge in [0.2, 0.25) is 0 Å². The molecular weight excluding hydrogens is 315 g/mol. The average Bonchev–Trinajstić information content (AvgIpc) is 2.43. The number of nitrogens with two attached hydrogens (primary N) is 2. The summed E-state index contributed by atoms with van der Waals surface area (Å²) in [6, 6.07) is 8.55. The molecule has 108 valence electrons. The lowest BCUT2D eigenvalue weighted by Gasteiger charge is -2.08. The molecule has 0 aliphatic carbocycles. The second-order valence-electron chi connectivity index (χ2n) is 4.14. The van der Waals surface area contributed by atoms with E-state index in [0.717, 1.165) is 0 Å². The second-order valence-corrected chi connectivity index (χ2v) is 5.01. The Bertz CT molecular complexity index is 671. The van der Waals surface area contributed by atoms with E-state index in [1.54, 1.807) is 0 Å². The summed E-state index contributed by atoms with van der Waals surface area (Å²) in [6.45, 7) is 0. The maximum Gasteiger partial charge on any atom is 0.348 e. The van der Waals surface area contributed by atoms with Crippen molar-refractivity contribution >= 4 is 46.5 Å². The van der Waals surface area contributed by atoms with Crippen LogP contribution in [-0.4, -0.2) is 11.9 Å². The van der Waals surface area contributed by atoms with Crippen LogP contribution >= 0.6 is 23.2 Å². The van der Waals surface area contributed by atoms with Crippen molar-refractivity contribution in [2.24, 2.45) is 0 Å². The number of ether oxygens (including phenoxy) is 1. The fourth-order valence-corrected chi connectivity index (χ4v) is 1.95.